The van der Waals surface area contributed by atoms with Crippen molar-refractivity contribution >= 4 is 61.4 Å². The lowest BCUT2D eigenvalue weighted by Crippen LogP contribution is -2.84. The molecule has 6 fully saturated rings. The molecular weight excluding hydrogens is 789 g/mol. The molecule has 0 spiro atoms. The lowest BCUT2D eigenvalue weighted by molar-refractivity contribution is -0.439. The smallest absolute Gasteiger partial charge is 0.392 e. The van der Waals surface area contributed by atoms with Crippen molar-refractivity contribution in [1.82, 2.24) is 0 Å². The highest BCUT2D eigenvalue weighted by Gasteiger charge is 2.81. The summed E-state index contributed by atoms with van der Waals surface area (Å²) in [5, 5.41) is 0. The van der Waals surface area contributed by atoms with E-state index in [0.717, 1.165) is 0 Å². The molecule has 8 bridgehead atoms. The molecule has 3 unspecified atom stereocenters. The quantitative estimate of drug-likeness (QED) is 0.139. The minimum Gasteiger partial charge on any atom is -0.392 e. The van der Waals surface area contributed by atoms with Gasteiger partial charge in [-0.15, -0.1) is 0 Å². The van der Waals surface area contributed by atoms with Crippen molar-refractivity contribution < 1.29 is 55.4 Å². The first-order valence-electron chi connectivity index (χ1n) is 20.0. The van der Waals surface area contributed by atoms with Gasteiger partial charge in [0.1, 0.15) is 0 Å². The number of fused-ring (bicyclic) bond motifs is 1. The zero-order chi connectivity index (χ0) is 38.6. The summed E-state index contributed by atoms with van der Waals surface area (Å²) >= 11 is 0. The van der Waals surface area contributed by atoms with Crippen LogP contribution in [0, 0.1) is 41.4 Å². The highest BCUT2D eigenvalue weighted by atomic mass is 28.6. The van der Waals surface area contributed by atoms with Gasteiger partial charge < -0.3 is 46.5 Å². The van der Waals surface area contributed by atoms with Crippen LogP contribution in [-0.2, 0) is 55.4 Å². The van der Waals surface area contributed by atoms with E-state index in [0.29, 0.717) is 42.3 Å². The Labute approximate surface area is 322 Å². The first kappa shape index (κ1) is 44.1. The Morgan fingerprint density at radius 3 is 1.10 bits per heavy atom. The van der Waals surface area contributed by atoms with Gasteiger partial charge in [-0.05, 0) is 54.4 Å². The van der Waals surface area contributed by atoms with E-state index in [-0.39, 0.29) is 54.3 Å². The molecule has 6 heterocycles. The Morgan fingerprint density at radius 2 is 0.712 bits per heavy atom. The van der Waals surface area contributed by atoms with E-state index < -0.39 is 67.5 Å². The average Bonchev–Trinajstić information content (AvgIpc) is 2.92. The van der Waals surface area contributed by atoms with Gasteiger partial charge in [0.15, 0.2) is 0 Å². The molecule has 8 atom stereocenters. The molecule has 13 nitrogen and oxygen atoms in total. The van der Waals surface area contributed by atoms with Crippen LogP contribution < -0.4 is 0 Å². The van der Waals surface area contributed by atoms with Crippen LogP contribution in [0.4, 0.5) is 0 Å². The van der Waals surface area contributed by atoms with Crippen LogP contribution in [0.1, 0.15) is 104 Å². The third kappa shape index (κ3) is 9.98. The molecule has 0 N–H and O–H groups in total. The third-order valence-corrected chi connectivity index (χ3v) is 41.6. The molecule has 0 aromatic carbocycles. The van der Waals surface area contributed by atoms with Gasteiger partial charge in [-0.3, -0.25) is 8.85 Å². The minimum atomic E-state index is -4.04. The predicted molar refractivity (Wildman–Crippen MR) is 210 cm³/mol. The molecular formula is C32H70O13Si7. The van der Waals surface area contributed by atoms with Crippen LogP contribution in [0.2, 0.25) is 42.3 Å². The molecule has 6 rings (SSSR count). The first-order valence-corrected chi connectivity index (χ1v) is 33.8. The van der Waals surface area contributed by atoms with E-state index in [2.05, 4.69) is 96.9 Å². The number of hydrogen-bond acceptors (Lipinski definition) is 13. The van der Waals surface area contributed by atoms with E-state index in [1.165, 1.54) is 0 Å². The van der Waals surface area contributed by atoms with E-state index >= 15 is 0 Å². The van der Waals surface area contributed by atoms with E-state index in [1.807, 2.05) is 6.92 Å². The standard InChI is InChI=1S/C32H70O13Si7/c1-16-33-32-35-46(17-25(2)3)24-34-47(18-26(4)5)39-48(36-32,19-27(6)7)42-52(23-31(14)15)43-49(37-32,20-28(8)9)41-50(38-46,21-29(10)11)44-51(40-47,45-52)22-30(12)13/h25-31H,16-24H2,1-15H3/t32-,46?,47?,48?,49+,50+,51+,52+/m1/s1. The van der Waals surface area contributed by atoms with Crippen molar-refractivity contribution in [3.63, 3.8) is 0 Å². The predicted octanol–water partition coefficient (Wildman–Crippen LogP) is 8.11. The average molecular weight is 860 g/mol. The second-order valence-corrected chi connectivity index (χ2v) is 39.1. The van der Waals surface area contributed by atoms with E-state index in [1.54, 1.807) is 0 Å². The summed E-state index contributed by atoms with van der Waals surface area (Å²) in [5.74, 6) is 0.791. The van der Waals surface area contributed by atoms with Gasteiger partial charge in [0, 0.05) is 36.3 Å². The second-order valence-electron chi connectivity index (χ2n) is 18.5. The molecule has 0 aliphatic carbocycles. The molecule has 6 aliphatic heterocycles. The van der Waals surface area contributed by atoms with Crippen molar-refractivity contribution in [1.29, 1.82) is 0 Å². The Morgan fingerprint density at radius 1 is 0.404 bits per heavy atom. The number of hydrogen-bond donors (Lipinski definition) is 0. The Balaban J connectivity index is 1.98. The zero-order valence-electron chi connectivity index (χ0n) is 34.7. The topological polar surface area (TPSA) is 120 Å². The van der Waals surface area contributed by atoms with Gasteiger partial charge in [-0.1, -0.05) is 96.9 Å². The Kier molecular flexibility index (Phi) is 13.6. The van der Waals surface area contributed by atoms with Crippen LogP contribution >= 0.6 is 0 Å². The lowest BCUT2D eigenvalue weighted by atomic mass is 10.3. The summed E-state index contributed by atoms with van der Waals surface area (Å²) < 4.78 is 97.5. The zero-order valence-corrected chi connectivity index (χ0v) is 41.7. The number of ether oxygens (including phenoxy) is 1. The summed E-state index contributed by atoms with van der Waals surface area (Å²) in [4.78, 5) is 0. The Bertz CT molecular complexity index is 1240. The fourth-order valence-corrected chi connectivity index (χ4v) is 48.5. The molecule has 6 aliphatic rings. The second kappa shape index (κ2) is 16.0. The lowest BCUT2D eigenvalue weighted by Gasteiger charge is -2.60. The maximum Gasteiger partial charge on any atom is 0.492 e. The maximum absolute atomic E-state index is 7.75. The molecule has 0 aromatic heterocycles. The highest BCUT2D eigenvalue weighted by molar-refractivity contribution is 6.97. The largest absolute Gasteiger partial charge is 0.492 e. The van der Waals surface area contributed by atoms with Gasteiger partial charge >= 0.3 is 67.5 Å². The SMILES string of the molecule is CCO[C@@]12O[Si]3(CC(C)C)CO[Si]4(CC(C)C)O[Si](CC(C)C)(O1)O[Si@@]1(CC(C)C)O[Si@@](CC(C)C)(O2)O[Si@](CC(C)C)(O3)O[Si@](CC(C)C)(O4)O1. The van der Waals surface area contributed by atoms with Crippen molar-refractivity contribution in [2.45, 2.75) is 152 Å². The van der Waals surface area contributed by atoms with Gasteiger partial charge in [-0.25, -0.2) is 0 Å². The normalized spacial score (nSPS) is 42.1. The third-order valence-electron chi connectivity index (χ3n) is 8.89. The fourth-order valence-electron chi connectivity index (χ4n) is 8.10. The monoisotopic (exact) mass is 858 g/mol. The number of rotatable bonds is 16. The van der Waals surface area contributed by atoms with Gasteiger partial charge in [0.2, 0.25) is 0 Å². The van der Waals surface area contributed by atoms with Crippen LogP contribution in [0.15, 0.2) is 0 Å². The first-order chi connectivity index (χ1) is 24.0. The van der Waals surface area contributed by atoms with Crippen LogP contribution in [-0.4, -0.2) is 80.4 Å². The van der Waals surface area contributed by atoms with Gasteiger partial charge in [0.05, 0.1) is 12.8 Å². The molecule has 0 radical (unpaired) electrons. The molecule has 52 heavy (non-hydrogen) atoms. The van der Waals surface area contributed by atoms with Crippen LogP contribution in [0.5, 0.6) is 0 Å². The van der Waals surface area contributed by atoms with Crippen molar-refractivity contribution in [3.05, 3.63) is 0 Å². The van der Waals surface area contributed by atoms with Crippen molar-refractivity contribution in [2.75, 3.05) is 12.8 Å². The molecule has 0 amide bonds. The fraction of sp³-hybridized carbons (Fsp3) is 1.00. The summed E-state index contributed by atoms with van der Waals surface area (Å²) in [6, 6.07) is 3.26. The molecule has 6 saturated heterocycles. The van der Waals surface area contributed by atoms with Gasteiger partial charge in [0.25, 0.3) is 0 Å². The van der Waals surface area contributed by atoms with Crippen molar-refractivity contribution in [3.8, 4) is 0 Å². The summed E-state index contributed by atoms with van der Waals surface area (Å²) in [5.41, 5.74) is 0. The maximum atomic E-state index is 7.75. The van der Waals surface area contributed by atoms with Crippen molar-refractivity contribution in [2.24, 2.45) is 41.4 Å². The van der Waals surface area contributed by atoms with Gasteiger partial charge in [-0.2, -0.15) is 0 Å². The van der Waals surface area contributed by atoms with E-state index in [9.17, 15) is 0 Å². The molecule has 0 saturated carbocycles. The Hall–Kier alpha value is 0.998. The summed E-state index contributed by atoms with van der Waals surface area (Å²) in [6.45, 7) is 32.2. The van der Waals surface area contributed by atoms with E-state index in [4.69, 9.17) is 55.4 Å². The molecule has 20 heteroatoms. The van der Waals surface area contributed by atoms with Crippen LogP contribution in [0.25, 0.3) is 0 Å². The highest BCUT2D eigenvalue weighted by Crippen LogP contribution is 2.54. The summed E-state index contributed by atoms with van der Waals surface area (Å²) in [7, 11) is -27.3. The van der Waals surface area contributed by atoms with Crippen LogP contribution in [0.3, 0.4) is 0 Å². The summed E-state index contributed by atoms with van der Waals surface area (Å²) in [6.07, 6.45) is -2.01. The molecule has 0 aromatic rings. The molecule has 304 valence electrons. The minimum absolute atomic E-state index is 0.0748.